The first-order chi connectivity index (χ1) is 12.6. The number of benzene rings is 1. The predicted molar refractivity (Wildman–Crippen MR) is 96.2 cm³/mol. The van der Waals surface area contributed by atoms with E-state index < -0.39 is 12.1 Å². The third-order valence-electron chi connectivity index (χ3n) is 5.30. The van der Waals surface area contributed by atoms with Crippen molar-refractivity contribution < 1.29 is 9.59 Å². The van der Waals surface area contributed by atoms with Gasteiger partial charge < -0.3 is 15.2 Å². The number of H-pyrrole nitrogens is 1. The Balaban J connectivity index is 1.43. The fraction of sp³-hybridized carbons (Fsp3) is 0.421. The fourth-order valence-electron chi connectivity index (χ4n) is 3.78. The van der Waals surface area contributed by atoms with Crippen molar-refractivity contribution in [1.82, 2.24) is 25.1 Å². The van der Waals surface area contributed by atoms with Gasteiger partial charge in [0.05, 0.1) is 6.33 Å². The van der Waals surface area contributed by atoms with Crippen LogP contribution in [0, 0.1) is 6.92 Å². The minimum absolute atomic E-state index is 0.000239. The first-order valence-electron chi connectivity index (χ1n) is 8.97. The lowest BCUT2D eigenvalue weighted by molar-refractivity contribution is -0.153. The summed E-state index contributed by atoms with van der Waals surface area (Å²) >= 11 is 0. The molecule has 0 aliphatic carbocycles. The van der Waals surface area contributed by atoms with Crippen LogP contribution in [-0.2, 0) is 22.6 Å². The van der Waals surface area contributed by atoms with E-state index in [0.29, 0.717) is 19.5 Å². The number of nitrogens with zero attached hydrogens (tertiary/aromatic N) is 3. The molecule has 0 spiro atoms. The summed E-state index contributed by atoms with van der Waals surface area (Å²) in [4.78, 5) is 36.4. The molecule has 1 aromatic carbocycles. The van der Waals surface area contributed by atoms with Crippen molar-refractivity contribution in [2.75, 3.05) is 19.6 Å². The maximum atomic E-state index is 12.8. The number of imidazole rings is 1. The van der Waals surface area contributed by atoms with Crippen molar-refractivity contribution in [1.29, 1.82) is 0 Å². The second kappa shape index (κ2) is 6.92. The number of hydrogen-bond acceptors (Lipinski definition) is 4. The van der Waals surface area contributed by atoms with E-state index in [4.69, 9.17) is 0 Å². The van der Waals surface area contributed by atoms with Crippen LogP contribution in [-0.4, -0.2) is 63.3 Å². The summed E-state index contributed by atoms with van der Waals surface area (Å²) in [6, 6.07) is 7.37. The first-order valence-corrected chi connectivity index (χ1v) is 8.97. The molecule has 136 valence electrons. The highest BCUT2D eigenvalue weighted by Crippen LogP contribution is 2.20. The number of piperazine rings is 2. The minimum Gasteiger partial charge on any atom is -0.348 e. The highest BCUT2D eigenvalue weighted by molar-refractivity contribution is 5.97. The number of aromatic amines is 1. The SMILES string of the molecule is Cc1ccccc1CN1CCN2C(=O)[C@H](Cc3cnc[nH]3)NC(=O)[C@H]2C1. The highest BCUT2D eigenvalue weighted by atomic mass is 16.2. The Morgan fingerprint density at radius 1 is 1.23 bits per heavy atom. The molecule has 2 saturated heterocycles. The summed E-state index contributed by atoms with van der Waals surface area (Å²) in [6.07, 6.45) is 3.71. The number of hydrogen-bond donors (Lipinski definition) is 2. The largest absolute Gasteiger partial charge is 0.348 e. The lowest BCUT2D eigenvalue weighted by Gasteiger charge is -2.45. The molecule has 2 aliphatic heterocycles. The Morgan fingerprint density at radius 2 is 2.08 bits per heavy atom. The molecular formula is C19H23N5O2. The van der Waals surface area contributed by atoms with Gasteiger partial charge in [-0.25, -0.2) is 4.98 Å². The van der Waals surface area contributed by atoms with Crippen molar-refractivity contribution >= 4 is 11.8 Å². The Bertz CT molecular complexity index is 804. The number of carbonyl (C=O) groups excluding carboxylic acids is 2. The molecule has 7 nitrogen and oxygen atoms in total. The molecular weight excluding hydrogens is 330 g/mol. The van der Waals surface area contributed by atoms with Gasteiger partial charge in [-0.3, -0.25) is 14.5 Å². The molecule has 4 rings (SSSR count). The van der Waals surface area contributed by atoms with Crippen molar-refractivity contribution in [2.24, 2.45) is 0 Å². The number of carbonyl (C=O) groups is 2. The van der Waals surface area contributed by atoms with E-state index in [9.17, 15) is 9.59 Å². The van der Waals surface area contributed by atoms with Gasteiger partial charge in [-0.15, -0.1) is 0 Å². The summed E-state index contributed by atoms with van der Waals surface area (Å²) < 4.78 is 0. The lowest BCUT2D eigenvalue weighted by atomic mass is 10.0. The van der Waals surface area contributed by atoms with Gasteiger partial charge in [0.25, 0.3) is 0 Å². The first kappa shape index (κ1) is 16.8. The molecule has 0 saturated carbocycles. The molecule has 2 aliphatic rings. The number of rotatable bonds is 4. The molecule has 2 amide bonds. The van der Waals surface area contributed by atoms with E-state index in [1.54, 1.807) is 17.4 Å². The summed E-state index contributed by atoms with van der Waals surface area (Å²) in [6.45, 7) is 4.84. The summed E-state index contributed by atoms with van der Waals surface area (Å²) in [5, 5.41) is 2.89. The fourth-order valence-corrected chi connectivity index (χ4v) is 3.78. The van der Waals surface area contributed by atoms with Crippen LogP contribution in [0.5, 0.6) is 0 Å². The van der Waals surface area contributed by atoms with Gasteiger partial charge in [0.2, 0.25) is 11.8 Å². The number of amides is 2. The minimum atomic E-state index is -0.512. The van der Waals surface area contributed by atoms with E-state index in [-0.39, 0.29) is 11.8 Å². The molecule has 3 heterocycles. The molecule has 2 aromatic rings. The average molecular weight is 353 g/mol. The number of aromatic nitrogens is 2. The average Bonchev–Trinajstić information content (AvgIpc) is 3.14. The zero-order chi connectivity index (χ0) is 18.1. The molecule has 0 bridgehead atoms. The monoisotopic (exact) mass is 353 g/mol. The van der Waals surface area contributed by atoms with Crippen LogP contribution in [0.2, 0.25) is 0 Å². The van der Waals surface area contributed by atoms with Crippen LogP contribution in [0.4, 0.5) is 0 Å². The second-order valence-corrected chi connectivity index (χ2v) is 7.05. The summed E-state index contributed by atoms with van der Waals surface area (Å²) in [5.74, 6) is -0.0664. The number of aryl methyl sites for hydroxylation is 1. The van der Waals surface area contributed by atoms with Crippen molar-refractivity contribution in [3.63, 3.8) is 0 Å². The quantitative estimate of drug-likeness (QED) is 0.837. The smallest absolute Gasteiger partial charge is 0.246 e. The normalized spacial score (nSPS) is 23.7. The molecule has 1 aromatic heterocycles. The van der Waals surface area contributed by atoms with Gasteiger partial charge in [0.15, 0.2) is 0 Å². The summed E-state index contributed by atoms with van der Waals surface area (Å²) in [5.41, 5.74) is 3.36. The Morgan fingerprint density at radius 3 is 2.85 bits per heavy atom. The second-order valence-electron chi connectivity index (χ2n) is 7.05. The van der Waals surface area contributed by atoms with Crippen molar-refractivity contribution in [3.05, 3.63) is 53.6 Å². The van der Waals surface area contributed by atoms with Gasteiger partial charge in [-0.05, 0) is 18.1 Å². The molecule has 0 unspecified atom stereocenters. The van der Waals surface area contributed by atoms with Crippen LogP contribution in [0.25, 0.3) is 0 Å². The summed E-state index contributed by atoms with van der Waals surface area (Å²) in [7, 11) is 0. The predicted octanol–water partition coefficient (Wildman–Crippen LogP) is 0.472. The van der Waals surface area contributed by atoms with Crippen LogP contribution in [0.15, 0.2) is 36.8 Å². The molecule has 0 radical (unpaired) electrons. The Hall–Kier alpha value is -2.67. The molecule has 2 N–H and O–H groups in total. The van der Waals surface area contributed by atoms with Gasteiger partial charge in [-0.1, -0.05) is 24.3 Å². The van der Waals surface area contributed by atoms with Gasteiger partial charge in [0, 0.05) is 44.5 Å². The molecule has 7 heteroatoms. The number of nitrogens with one attached hydrogen (secondary N) is 2. The number of fused-ring (bicyclic) bond motifs is 1. The van der Waals surface area contributed by atoms with Crippen molar-refractivity contribution in [2.45, 2.75) is 32.0 Å². The van der Waals surface area contributed by atoms with Crippen LogP contribution in [0.1, 0.15) is 16.8 Å². The van der Waals surface area contributed by atoms with E-state index >= 15 is 0 Å². The molecule has 26 heavy (non-hydrogen) atoms. The van der Waals surface area contributed by atoms with Crippen molar-refractivity contribution in [3.8, 4) is 0 Å². The van der Waals surface area contributed by atoms with E-state index in [0.717, 1.165) is 18.8 Å². The van der Waals surface area contributed by atoms with Gasteiger partial charge in [0.1, 0.15) is 12.1 Å². The lowest BCUT2D eigenvalue weighted by Crippen LogP contribution is -2.69. The zero-order valence-corrected chi connectivity index (χ0v) is 14.8. The Labute approximate surface area is 152 Å². The van der Waals surface area contributed by atoms with E-state index in [1.165, 1.54) is 11.1 Å². The van der Waals surface area contributed by atoms with E-state index in [1.807, 2.05) is 12.1 Å². The van der Waals surface area contributed by atoms with Crippen LogP contribution < -0.4 is 5.32 Å². The molecule has 2 fully saturated rings. The van der Waals surface area contributed by atoms with E-state index in [2.05, 4.69) is 39.2 Å². The standard InChI is InChI=1S/C19H23N5O2/c1-13-4-2-3-5-14(13)10-23-6-7-24-17(11-23)18(25)22-16(19(24)26)8-15-9-20-12-21-15/h2-5,9,12,16-17H,6-8,10-11H2,1H3,(H,20,21)(H,22,25)/t16-,17+/m0/s1. The molecule has 2 atom stereocenters. The third-order valence-corrected chi connectivity index (χ3v) is 5.30. The maximum absolute atomic E-state index is 12.8. The highest BCUT2D eigenvalue weighted by Gasteiger charge is 2.43. The van der Waals surface area contributed by atoms with Crippen LogP contribution in [0.3, 0.4) is 0 Å². The zero-order valence-electron chi connectivity index (χ0n) is 14.8. The maximum Gasteiger partial charge on any atom is 0.246 e. The topological polar surface area (TPSA) is 81.3 Å². The van der Waals surface area contributed by atoms with Crippen LogP contribution >= 0.6 is 0 Å². The van der Waals surface area contributed by atoms with Gasteiger partial charge >= 0.3 is 0 Å². The Kier molecular flexibility index (Phi) is 4.46. The third kappa shape index (κ3) is 3.22. The van der Waals surface area contributed by atoms with Gasteiger partial charge in [-0.2, -0.15) is 0 Å².